The minimum Gasteiger partial charge on any atom is -0.391 e. The number of carbonyl (C=O) groups is 1. The number of aliphatic hydroxyl groups is 1. The van der Waals surface area contributed by atoms with Gasteiger partial charge in [0.2, 0.25) is 5.91 Å². The van der Waals surface area contributed by atoms with Gasteiger partial charge in [-0.3, -0.25) is 4.79 Å². The Bertz CT molecular complexity index is 242. The molecular formula is C13H26N2O2. The number of nitrogens with one attached hydrogen (secondary N) is 1. The van der Waals surface area contributed by atoms with E-state index in [0.717, 1.165) is 32.1 Å². The highest BCUT2D eigenvalue weighted by Crippen LogP contribution is 2.24. The molecule has 4 N–H and O–H groups in total. The second kappa shape index (κ2) is 6.97. The topological polar surface area (TPSA) is 75.3 Å². The van der Waals surface area contributed by atoms with Crippen molar-refractivity contribution in [1.29, 1.82) is 0 Å². The summed E-state index contributed by atoms with van der Waals surface area (Å²) in [5.41, 5.74) is 5.88. The fraction of sp³-hybridized carbons (Fsp3) is 0.923. The number of rotatable bonds is 6. The lowest BCUT2D eigenvalue weighted by molar-refractivity contribution is -0.125. The third-order valence-electron chi connectivity index (χ3n) is 3.98. The van der Waals surface area contributed by atoms with Crippen LogP contribution in [0.4, 0.5) is 0 Å². The molecule has 3 atom stereocenters. The van der Waals surface area contributed by atoms with Gasteiger partial charge in [-0.05, 0) is 18.8 Å². The van der Waals surface area contributed by atoms with Gasteiger partial charge in [0.05, 0.1) is 12.0 Å². The maximum atomic E-state index is 11.9. The van der Waals surface area contributed by atoms with Crippen LogP contribution in [-0.4, -0.2) is 29.7 Å². The van der Waals surface area contributed by atoms with Crippen molar-refractivity contribution in [1.82, 2.24) is 5.32 Å². The van der Waals surface area contributed by atoms with Gasteiger partial charge in [-0.25, -0.2) is 0 Å². The Labute approximate surface area is 104 Å². The zero-order valence-electron chi connectivity index (χ0n) is 11.0. The first-order chi connectivity index (χ1) is 8.10. The van der Waals surface area contributed by atoms with Crippen molar-refractivity contribution in [2.45, 2.75) is 58.1 Å². The summed E-state index contributed by atoms with van der Waals surface area (Å²) in [5.74, 6) is 0.233. The molecule has 4 nitrogen and oxygen atoms in total. The van der Waals surface area contributed by atoms with Crippen LogP contribution >= 0.6 is 0 Å². The van der Waals surface area contributed by atoms with Crippen LogP contribution in [0.15, 0.2) is 0 Å². The smallest absolute Gasteiger partial charge is 0.224 e. The fourth-order valence-corrected chi connectivity index (χ4v) is 2.65. The molecule has 1 amide bonds. The largest absolute Gasteiger partial charge is 0.391 e. The van der Waals surface area contributed by atoms with E-state index in [1.165, 1.54) is 0 Å². The van der Waals surface area contributed by atoms with E-state index in [2.05, 4.69) is 19.2 Å². The van der Waals surface area contributed by atoms with Gasteiger partial charge in [-0.2, -0.15) is 0 Å². The van der Waals surface area contributed by atoms with Crippen molar-refractivity contribution in [3.63, 3.8) is 0 Å². The standard InChI is InChI=1S/C13H26N2O2/c1-3-9(4-2)12(16)8-15-13(17)10-6-5-7-11(10)14/h9-12,16H,3-8,14H2,1-2H3,(H,15,17). The molecule has 0 bridgehead atoms. The van der Waals surface area contributed by atoms with Crippen molar-refractivity contribution >= 4 is 5.91 Å². The molecule has 0 spiro atoms. The zero-order chi connectivity index (χ0) is 12.8. The Morgan fingerprint density at radius 3 is 2.53 bits per heavy atom. The van der Waals surface area contributed by atoms with E-state index in [4.69, 9.17) is 5.73 Å². The quantitative estimate of drug-likeness (QED) is 0.651. The van der Waals surface area contributed by atoms with Gasteiger partial charge < -0.3 is 16.2 Å². The molecule has 1 rings (SSSR count). The van der Waals surface area contributed by atoms with Crippen molar-refractivity contribution in [2.75, 3.05) is 6.54 Å². The highest BCUT2D eigenvalue weighted by atomic mass is 16.3. The fourth-order valence-electron chi connectivity index (χ4n) is 2.65. The van der Waals surface area contributed by atoms with Gasteiger partial charge in [-0.15, -0.1) is 0 Å². The molecule has 1 aliphatic rings. The Morgan fingerprint density at radius 2 is 2.06 bits per heavy atom. The van der Waals surface area contributed by atoms with E-state index in [9.17, 15) is 9.90 Å². The monoisotopic (exact) mass is 242 g/mol. The summed E-state index contributed by atoms with van der Waals surface area (Å²) in [6.07, 6.45) is 4.30. The summed E-state index contributed by atoms with van der Waals surface area (Å²) >= 11 is 0. The van der Waals surface area contributed by atoms with E-state index in [1.54, 1.807) is 0 Å². The number of hydrogen-bond donors (Lipinski definition) is 3. The molecule has 17 heavy (non-hydrogen) atoms. The molecule has 3 unspecified atom stereocenters. The summed E-state index contributed by atoms with van der Waals surface area (Å²) in [4.78, 5) is 11.9. The van der Waals surface area contributed by atoms with Crippen LogP contribution in [0, 0.1) is 11.8 Å². The van der Waals surface area contributed by atoms with E-state index < -0.39 is 6.10 Å². The molecule has 4 heteroatoms. The Hall–Kier alpha value is -0.610. The highest BCUT2D eigenvalue weighted by Gasteiger charge is 2.30. The predicted molar refractivity (Wildman–Crippen MR) is 68.4 cm³/mol. The lowest BCUT2D eigenvalue weighted by atomic mass is 9.96. The number of amides is 1. The lowest BCUT2D eigenvalue weighted by Crippen LogP contribution is -2.42. The van der Waals surface area contributed by atoms with Gasteiger partial charge in [-0.1, -0.05) is 33.1 Å². The second-order valence-electron chi connectivity index (χ2n) is 5.09. The maximum absolute atomic E-state index is 11.9. The maximum Gasteiger partial charge on any atom is 0.224 e. The van der Waals surface area contributed by atoms with E-state index in [0.29, 0.717) is 6.54 Å². The van der Waals surface area contributed by atoms with Crippen molar-refractivity contribution in [3.05, 3.63) is 0 Å². The molecular weight excluding hydrogens is 216 g/mol. The molecule has 0 radical (unpaired) electrons. The summed E-state index contributed by atoms with van der Waals surface area (Å²) < 4.78 is 0. The number of nitrogens with two attached hydrogens (primary N) is 1. The zero-order valence-corrected chi connectivity index (χ0v) is 11.0. The van der Waals surface area contributed by atoms with Crippen LogP contribution in [0.1, 0.15) is 46.0 Å². The molecule has 0 aromatic rings. The molecule has 1 fully saturated rings. The predicted octanol–water partition coefficient (Wildman–Crippen LogP) is 1.03. The average Bonchev–Trinajstić information content (AvgIpc) is 2.74. The first-order valence-corrected chi connectivity index (χ1v) is 6.81. The first-order valence-electron chi connectivity index (χ1n) is 6.81. The molecule has 0 saturated heterocycles. The third kappa shape index (κ3) is 3.96. The number of aliphatic hydroxyl groups excluding tert-OH is 1. The summed E-state index contributed by atoms with van der Waals surface area (Å²) in [7, 11) is 0. The number of carbonyl (C=O) groups excluding carboxylic acids is 1. The molecule has 0 aliphatic heterocycles. The van der Waals surface area contributed by atoms with Gasteiger partial charge in [0.1, 0.15) is 0 Å². The van der Waals surface area contributed by atoms with Crippen LogP contribution in [0.5, 0.6) is 0 Å². The minimum absolute atomic E-state index is 0.000269. The third-order valence-corrected chi connectivity index (χ3v) is 3.98. The lowest BCUT2D eigenvalue weighted by Gasteiger charge is -2.22. The van der Waals surface area contributed by atoms with Crippen LogP contribution < -0.4 is 11.1 Å². The van der Waals surface area contributed by atoms with Gasteiger partial charge in [0.15, 0.2) is 0 Å². The van der Waals surface area contributed by atoms with Crippen molar-refractivity contribution < 1.29 is 9.90 Å². The van der Waals surface area contributed by atoms with Crippen LogP contribution in [-0.2, 0) is 4.79 Å². The van der Waals surface area contributed by atoms with E-state index in [-0.39, 0.29) is 23.8 Å². The second-order valence-corrected chi connectivity index (χ2v) is 5.09. The Morgan fingerprint density at radius 1 is 1.41 bits per heavy atom. The summed E-state index contributed by atoms with van der Waals surface area (Å²) in [5, 5.41) is 12.8. The van der Waals surface area contributed by atoms with Crippen LogP contribution in [0.3, 0.4) is 0 Å². The summed E-state index contributed by atoms with van der Waals surface area (Å²) in [6, 6.07) is 0.000269. The molecule has 0 aromatic heterocycles. The molecule has 0 aromatic carbocycles. The van der Waals surface area contributed by atoms with Crippen LogP contribution in [0.25, 0.3) is 0 Å². The number of hydrogen-bond acceptors (Lipinski definition) is 3. The van der Waals surface area contributed by atoms with Gasteiger partial charge >= 0.3 is 0 Å². The SMILES string of the molecule is CCC(CC)C(O)CNC(=O)C1CCCC1N. The van der Waals surface area contributed by atoms with Crippen LogP contribution in [0.2, 0.25) is 0 Å². The molecule has 1 aliphatic carbocycles. The van der Waals surface area contributed by atoms with Gasteiger partial charge in [0, 0.05) is 12.6 Å². The van der Waals surface area contributed by atoms with E-state index >= 15 is 0 Å². The summed E-state index contributed by atoms with van der Waals surface area (Å²) in [6.45, 7) is 4.48. The highest BCUT2D eigenvalue weighted by molar-refractivity contribution is 5.79. The minimum atomic E-state index is -0.438. The normalized spacial score (nSPS) is 26.2. The Balaban J connectivity index is 2.32. The Kier molecular flexibility index (Phi) is 5.92. The average molecular weight is 242 g/mol. The van der Waals surface area contributed by atoms with Gasteiger partial charge in [0.25, 0.3) is 0 Å². The molecule has 100 valence electrons. The van der Waals surface area contributed by atoms with Crippen molar-refractivity contribution in [2.24, 2.45) is 17.6 Å². The van der Waals surface area contributed by atoms with Crippen molar-refractivity contribution in [3.8, 4) is 0 Å². The molecule has 1 saturated carbocycles. The molecule has 0 heterocycles. The first kappa shape index (κ1) is 14.5. The van der Waals surface area contributed by atoms with E-state index in [1.807, 2.05) is 0 Å².